The first kappa shape index (κ1) is 14.0. The number of rotatable bonds is 6. The van der Waals surface area contributed by atoms with Crippen molar-refractivity contribution in [2.45, 2.75) is 20.4 Å². The molecule has 1 N–H and O–H groups in total. The highest BCUT2D eigenvalue weighted by atomic mass is 35.5. The summed E-state index contributed by atoms with van der Waals surface area (Å²) < 4.78 is 1.80. The van der Waals surface area contributed by atoms with Crippen LogP contribution < -0.4 is 0 Å². The Hall–Kier alpha value is -1.07. The van der Waals surface area contributed by atoms with Gasteiger partial charge in [-0.25, -0.2) is 4.98 Å². The van der Waals surface area contributed by atoms with Crippen LogP contribution in [0.4, 0.5) is 0 Å². The van der Waals surface area contributed by atoms with Crippen LogP contribution in [0.3, 0.4) is 0 Å². The zero-order valence-corrected chi connectivity index (χ0v) is 11.1. The molecule has 1 unspecified atom stereocenters. The van der Waals surface area contributed by atoms with Crippen LogP contribution in [0.15, 0.2) is 6.20 Å². The topological polar surface area (TPSA) is 58.4 Å². The summed E-state index contributed by atoms with van der Waals surface area (Å²) in [6, 6.07) is 0. The Kier molecular flexibility index (Phi) is 4.96. The number of hydrogen-bond acceptors (Lipinski definition) is 3. The summed E-state index contributed by atoms with van der Waals surface area (Å²) in [5.41, 5.74) is 0. The van der Waals surface area contributed by atoms with Crippen LogP contribution in [0, 0.1) is 5.92 Å². The lowest BCUT2D eigenvalue weighted by Crippen LogP contribution is -2.32. The molecule has 0 fully saturated rings. The number of imidazole rings is 1. The largest absolute Gasteiger partial charge is 0.481 e. The Bertz CT molecular complexity index is 392. The molecule has 0 saturated heterocycles. The lowest BCUT2D eigenvalue weighted by Gasteiger charge is -2.22. The number of carboxylic acids is 1. The molecule has 1 aromatic heterocycles. The molecule has 5 nitrogen and oxygen atoms in total. The molecule has 0 saturated carbocycles. The predicted octanol–water partition coefficient (Wildman–Crippen LogP) is 1.62. The second-order valence-electron chi connectivity index (χ2n) is 4.12. The summed E-state index contributed by atoms with van der Waals surface area (Å²) in [6.07, 6.45) is 1.60. The van der Waals surface area contributed by atoms with Crippen LogP contribution in [0.25, 0.3) is 0 Å². The molecule has 0 aliphatic heterocycles. The van der Waals surface area contributed by atoms with Crippen molar-refractivity contribution < 1.29 is 9.90 Å². The van der Waals surface area contributed by atoms with E-state index in [1.54, 1.807) is 17.7 Å². The Morgan fingerprint density at radius 1 is 1.71 bits per heavy atom. The maximum Gasteiger partial charge on any atom is 0.307 e. The van der Waals surface area contributed by atoms with Crippen molar-refractivity contribution in [1.82, 2.24) is 14.5 Å². The molecule has 0 spiro atoms. The van der Waals surface area contributed by atoms with Gasteiger partial charge in [-0.2, -0.15) is 0 Å². The molecule has 0 radical (unpaired) electrons. The summed E-state index contributed by atoms with van der Waals surface area (Å²) in [5, 5.41) is 9.47. The number of aliphatic carboxylic acids is 1. The maximum atomic E-state index is 10.8. The van der Waals surface area contributed by atoms with Gasteiger partial charge in [0.2, 0.25) is 0 Å². The van der Waals surface area contributed by atoms with E-state index >= 15 is 0 Å². The molecule has 96 valence electrons. The van der Waals surface area contributed by atoms with Gasteiger partial charge >= 0.3 is 5.97 Å². The van der Waals surface area contributed by atoms with E-state index in [9.17, 15) is 4.79 Å². The number of aromatic nitrogens is 2. The third kappa shape index (κ3) is 3.71. The SMILES string of the molecule is CCN(Cc1ncc(Cl)n1C)CC(C)C(=O)O. The molecular weight excluding hydrogens is 242 g/mol. The van der Waals surface area contributed by atoms with Crippen LogP contribution in [0.1, 0.15) is 19.7 Å². The van der Waals surface area contributed by atoms with Crippen LogP contribution in [0.5, 0.6) is 0 Å². The van der Waals surface area contributed by atoms with Crippen molar-refractivity contribution in [2.75, 3.05) is 13.1 Å². The van der Waals surface area contributed by atoms with Gasteiger partial charge in [0.15, 0.2) is 0 Å². The zero-order chi connectivity index (χ0) is 13.0. The van der Waals surface area contributed by atoms with Gasteiger partial charge in [-0.05, 0) is 6.54 Å². The molecule has 0 aliphatic rings. The minimum Gasteiger partial charge on any atom is -0.481 e. The molecule has 17 heavy (non-hydrogen) atoms. The first-order valence-corrected chi connectivity index (χ1v) is 5.94. The van der Waals surface area contributed by atoms with Gasteiger partial charge in [0.1, 0.15) is 11.0 Å². The molecule has 0 aliphatic carbocycles. The number of carboxylic acid groups (broad SMARTS) is 1. The first-order valence-electron chi connectivity index (χ1n) is 5.57. The Balaban J connectivity index is 2.64. The van der Waals surface area contributed by atoms with Crippen molar-refractivity contribution in [3.05, 3.63) is 17.2 Å². The Morgan fingerprint density at radius 2 is 2.35 bits per heavy atom. The quantitative estimate of drug-likeness (QED) is 0.843. The van der Waals surface area contributed by atoms with Crippen LogP contribution in [-0.4, -0.2) is 38.6 Å². The fraction of sp³-hybridized carbons (Fsp3) is 0.636. The molecule has 1 heterocycles. The third-order valence-corrected chi connectivity index (χ3v) is 3.14. The summed E-state index contributed by atoms with van der Waals surface area (Å²) in [5.74, 6) is -0.318. The highest BCUT2D eigenvalue weighted by Crippen LogP contribution is 2.12. The second-order valence-corrected chi connectivity index (χ2v) is 4.51. The van der Waals surface area contributed by atoms with Gasteiger partial charge < -0.3 is 9.67 Å². The van der Waals surface area contributed by atoms with Gasteiger partial charge in [-0.1, -0.05) is 25.4 Å². The molecule has 1 rings (SSSR count). The second kappa shape index (κ2) is 6.02. The number of carbonyl (C=O) groups is 1. The maximum absolute atomic E-state index is 10.8. The van der Waals surface area contributed by atoms with Gasteiger partial charge in [0.05, 0.1) is 18.7 Å². The standard InChI is InChI=1S/C11H18ClN3O2/c1-4-15(6-8(2)11(16)17)7-10-13-5-9(12)14(10)3/h5,8H,4,6-7H2,1-3H3,(H,16,17). The minimum absolute atomic E-state index is 0.384. The smallest absolute Gasteiger partial charge is 0.307 e. The molecule has 0 aromatic carbocycles. The van der Waals surface area contributed by atoms with E-state index in [0.717, 1.165) is 12.4 Å². The molecule has 0 bridgehead atoms. The molecule has 0 amide bonds. The van der Waals surface area contributed by atoms with Crippen LogP contribution in [0.2, 0.25) is 5.15 Å². The van der Waals surface area contributed by atoms with Crippen molar-refractivity contribution in [3.8, 4) is 0 Å². The normalized spacial score (nSPS) is 13.0. The summed E-state index contributed by atoms with van der Waals surface area (Å²) in [4.78, 5) is 17.0. The Labute approximate surface area is 106 Å². The minimum atomic E-state index is -0.777. The lowest BCUT2D eigenvalue weighted by atomic mass is 10.1. The van der Waals surface area contributed by atoms with E-state index in [2.05, 4.69) is 4.98 Å². The van der Waals surface area contributed by atoms with Crippen LogP contribution in [-0.2, 0) is 18.4 Å². The van der Waals surface area contributed by atoms with Crippen molar-refractivity contribution >= 4 is 17.6 Å². The first-order chi connectivity index (χ1) is 7.95. The Morgan fingerprint density at radius 3 is 2.76 bits per heavy atom. The highest BCUT2D eigenvalue weighted by Gasteiger charge is 2.16. The molecule has 6 heteroatoms. The highest BCUT2D eigenvalue weighted by molar-refractivity contribution is 6.29. The fourth-order valence-electron chi connectivity index (χ4n) is 1.54. The van der Waals surface area contributed by atoms with E-state index in [-0.39, 0.29) is 5.92 Å². The third-order valence-electron chi connectivity index (χ3n) is 2.79. The molecule has 1 atom stereocenters. The number of halogens is 1. The van der Waals surface area contributed by atoms with Crippen molar-refractivity contribution in [1.29, 1.82) is 0 Å². The van der Waals surface area contributed by atoms with E-state index < -0.39 is 5.97 Å². The monoisotopic (exact) mass is 259 g/mol. The van der Waals surface area contributed by atoms with E-state index in [0.29, 0.717) is 18.2 Å². The zero-order valence-electron chi connectivity index (χ0n) is 10.4. The summed E-state index contributed by atoms with van der Waals surface area (Å²) >= 11 is 5.90. The van der Waals surface area contributed by atoms with E-state index in [1.807, 2.05) is 18.9 Å². The van der Waals surface area contributed by atoms with Gasteiger partial charge in [-0.15, -0.1) is 0 Å². The van der Waals surface area contributed by atoms with Gasteiger partial charge in [-0.3, -0.25) is 9.69 Å². The number of hydrogen-bond donors (Lipinski definition) is 1. The van der Waals surface area contributed by atoms with Gasteiger partial charge in [0, 0.05) is 13.6 Å². The van der Waals surface area contributed by atoms with Gasteiger partial charge in [0.25, 0.3) is 0 Å². The fourth-order valence-corrected chi connectivity index (χ4v) is 1.69. The average molecular weight is 260 g/mol. The van der Waals surface area contributed by atoms with Crippen LogP contribution >= 0.6 is 11.6 Å². The van der Waals surface area contributed by atoms with Crippen molar-refractivity contribution in [2.24, 2.45) is 13.0 Å². The summed E-state index contributed by atoms with van der Waals surface area (Å²) in [7, 11) is 1.85. The van der Waals surface area contributed by atoms with E-state index in [1.165, 1.54) is 0 Å². The number of nitrogens with zero attached hydrogens (tertiary/aromatic N) is 3. The predicted molar refractivity (Wildman–Crippen MR) is 66.0 cm³/mol. The average Bonchev–Trinajstić information content (AvgIpc) is 2.59. The van der Waals surface area contributed by atoms with Crippen molar-refractivity contribution in [3.63, 3.8) is 0 Å². The molecule has 1 aromatic rings. The van der Waals surface area contributed by atoms with E-state index in [4.69, 9.17) is 16.7 Å². The molecular formula is C11H18ClN3O2. The lowest BCUT2D eigenvalue weighted by molar-refractivity contribution is -0.141. The summed E-state index contributed by atoms with van der Waals surface area (Å²) in [6.45, 7) is 5.60.